The highest BCUT2D eigenvalue weighted by atomic mass is 35.5. The van der Waals surface area contributed by atoms with Gasteiger partial charge in [-0.25, -0.2) is 4.39 Å². The maximum Gasteiger partial charge on any atom is 0.126 e. The molecular weight excluding hydrogens is 308 g/mol. The second-order valence-corrected chi connectivity index (χ2v) is 6.07. The third kappa shape index (κ3) is 4.99. The lowest BCUT2D eigenvalue weighted by atomic mass is 9.92. The number of hydrogen-bond donors (Lipinski definition) is 1. The molecule has 0 saturated heterocycles. The van der Waals surface area contributed by atoms with Crippen molar-refractivity contribution in [3.8, 4) is 0 Å². The summed E-state index contributed by atoms with van der Waals surface area (Å²) in [5.41, 5.74) is 1.86. The van der Waals surface area contributed by atoms with Gasteiger partial charge in [0, 0.05) is 10.0 Å². The number of halogens is 3. The molecule has 0 heterocycles. The second-order valence-electron chi connectivity index (χ2n) is 5.19. The van der Waals surface area contributed by atoms with E-state index < -0.39 is 0 Å². The summed E-state index contributed by atoms with van der Waals surface area (Å²) in [6.45, 7) is 0.814. The topological polar surface area (TPSA) is 12.0 Å². The third-order valence-electron chi connectivity index (χ3n) is 3.45. The van der Waals surface area contributed by atoms with E-state index in [4.69, 9.17) is 23.2 Å². The SMILES string of the molecule is CNCC(Cc1ccc(Cl)cc1)Cc1cc(Cl)ccc1F. The van der Waals surface area contributed by atoms with E-state index in [-0.39, 0.29) is 5.82 Å². The minimum Gasteiger partial charge on any atom is -0.319 e. The molecule has 0 saturated carbocycles. The van der Waals surface area contributed by atoms with Crippen LogP contribution in [0.15, 0.2) is 42.5 Å². The van der Waals surface area contributed by atoms with Crippen LogP contribution in [-0.2, 0) is 12.8 Å². The lowest BCUT2D eigenvalue weighted by Gasteiger charge is -2.17. The van der Waals surface area contributed by atoms with Crippen LogP contribution < -0.4 is 5.32 Å². The fourth-order valence-corrected chi connectivity index (χ4v) is 2.79. The summed E-state index contributed by atoms with van der Waals surface area (Å²) < 4.78 is 13.9. The molecular formula is C17H18Cl2FN. The zero-order valence-electron chi connectivity index (χ0n) is 11.9. The van der Waals surface area contributed by atoms with Crippen LogP contribution in [0.4, 0.5) is 4.39 Å². The molecule has 0 radical (unpaired) electrons. The summed E-state index contributed by atoms with van der Waals surface area (Å²) in [5.74, 6) is 0.0979. The van der Waals surface area contributed by atoms with Crippen LogP contribution in [0.3, 0.4) is 0 Å². The predicted octanol–water partition coefficient (Wildman–Crippen LogP) is 4.75. The van der Waals surface area contributed by atoms with Crippen molar-refractivity contribution in [1.29, 1.82) is 0 Å². The van der Waals surface area contributed by atoms with Gasteiger partial charge in [-0.05, 0) is 73.8 Å². The monoisotopic (exact) mass is 325 g/mol. The molecule has 0 aliphatic heterocycles. The Kier molecular flexibility index (Phi) is 6.04. The molecule has 1 unspecified atom stereocenters. The fraction of sp³-hybridized carbons (Fsp3) is 0.294. The van der Waals surface area contributed by atoms with E-state index in [1.165, 1.54) is 11.6 Å². The Morgan fingerprint density at radius 2 is 1.67 bits per heavy atom. The minimum atomic E-state index is -0.198. The van der Waals surface area contributed by atoms with Crippen molar-refractivity contribution in [2.24, 2.45) is 5.92 Å². The Labute approximate surface area is 135 Å². The van der Waals surface area contributed by atoms with E-state index in [0.29, 0.717) is 22.9 Å². The Morgan fingerprint density at radius 3 is 2.33 bits per heavy atom. The zero-order chi connectivity index (χ0) is 15.2. The standard InChI is InChI=1S/C17H18Cl2FN/c1-21-11-13(8-12-2-4-15(18)5-3-12)9-14-10-16(19)6-7-17(14)20/h2-7,10,13,21H,8-9,11H2,1H3. The van der Waals surface area contributed by atoms with E-state index in [1.54, 1.807) is 12.1 Å². The molecule has 0 fully saturated rings. The van der Waals surface area contributed by atoms with Crippen molar-refractivity contribution >= 4 is 23.2 Å². The van der Waals surface area contributed by atoms with Crippen molar-refractivity contribution in [1.82, 2.24) is 5.32 Å². The normalized spacial score (nSPS) is 12.4. The summed E-state index contributed by atoms with van der Waals surface area (Å²) in [4.78, 5) is 0. The minimum absolute atomic E-state index is 0.198. The molecule has 0 aliphatic rings. The van der Waals surface area contributed by atoms with E-state index in [0.717, 1.165) is 18.0 Å². The van der Waals surface area contributed by atoms with Crippen molar-refractivity contribution < 1.29 is 4.39 Å². The maximum atomic E-state index is 13.9. The number of rotatable bonds is 6. The van der Waals surface area contributed by atoms with Crippen LogP contribution in [0.1, 0.15) is 11.1 Å². The molecule has 112 valence electrons. The second kappa shape index (κ2) is 7.79. The van der Waals surface area contributed by atoms with Gasteiger partial charge in [0.05, 0.1) is 0 Å². The Morgan fingerprint density at radius 1 is 1.00 bits per heavy atom. The first-order chi connectivity index (χ1) is 10.1. The van der Waals surface area contributed by atoms with Gasteiger partial charge in [-0.1, -0.05) is 35.3 Å². The Balaban J connectivity index is 2.11. The maximum absolute atomic E-state index is 13.9. The summed E-state index contributed by atoms with van der Waals surface area (Å²) in [6.07, 6.45) is 1.51. The van der Waals surface area contributed by atoms with Crippen molar-refractivity contribution in [3.05, 3.63) is 69.5 Å². The molecule has 2 aromatic carbocycles. The molecule has 1 N–H and O–H groups in total. The average Bonchev–Trinajstić information content (AvgIpc) is 2.45. The van der Waals surface area contributed by atoms with Gasteiger partial charge in [0.1, 0.15) is 5.82 Å². The summed E-state index contributed by atoms with van der Waals surface area (Å²) in [6, 6.07) is 12.5. The number of hydrogen-bond acceptors (Lipinski definition) is 1. The Hall–Kier alpha value is -1.09. The van der Waals surface area contributed by atoms with Gasteiger partial charge in [0.15, 0.2) is 0 Å². The van der Waals surface area contributed by atoms with E-state index in [1.807, 2.05) is 31.3 Å². The quantitative estimate of drug-likeness (QED) is 0.807. The van der Waals surface area contributed by atoms with Crippen LogP contribution in [0.2, 0.25) is 10.0 Å². The molecule has 0 amide bonds. The number of benzene rings is 2. The molecule has 0 spiro atoms. The predicted molar refractivity (Wildman–Crippen MR) is 87.7 cm³/mol. The highest BCUT2D eigenvalue weighted by molar-refractivity contribution is 6.30. The van der Waals surface area contributed by atoms with E-state index in [9.17, 15) is 4.39 Å². The average molecular weight is 326 g/mol. The van der Waals surface area contributed by atoms with Crippen molar-refractivity contribution in [2.75, 3.05) is 13.6 Å². The van der Waals surface area contributed by atoms with E-state index >= 15 is 0 Å². The van der Waals surface area contributed by atoms with Gasteiger partial charge in [-0.2, -0.15) is 0 Å². The molecule has 2 rings (SSSR count). The first-order valence-electron chi connectivity index (χ1n) is 6.91. The largest absolute Gasteiger partial charge is 0.319 e. The summed E-state index contributed by atoms with van der Waals surface area (Å²) in [5, 5.41) is 4.47. The molecule has 0 aromatic heterocycles. The van der Waals surface area contributed by atoms with E-state index in [2.05, 4.69) is 5.32 Å². The fourth-order valence-electron chi connectivity index (χ4n) is 2.47. The van der Waals surface area contributed by atoms with Gasteiger partial charge >= 0.3 is 0 Å². The van der Waals surface area contributed by atoms with Crippen LogP contribution >= 0.6 is 23.2 Å². The number of nitrogens with one attached hydrogen (secondary N) is 1. The van der Waals surface area contributed by atoms with Gasteiger partial charge in [-0.3, -0.25) is 0 Å². The molecule has 0 bridgehead atoms. The van der Waals surface area contributed by atoms with Gasteiger partial charge in [0.25, 0.3) is 0 Å². The molecule has 21 heavy (non-hydrogen) atoms. The molecule has 0 aliphatic carbocycles. The zero-order valence-corrected chi connectivity index (χ0v) is 13.4. The highest BCUT2D eigenvalue weighted by Crippen LogP contribution is 2.21. The molecule has 4 heteroatoms. The summed E-state index contributed by atoms with van der Waals surface area (Å²) >= 11 is 11.9. The van der Waals surface area contributed by atoms with Gasteiger partial charge in [-0.15, -0.1) is 0 Å². The third-order valence-corrected chi connectivity index (χ3v) is 3.93. The molecule has 1 atom stereocenters. The molecule has 2 aromatic rings. The van der Waals surface area contributed by atoms with Crippen molar-refractivity contribution in [2.45, 2.75) is 12.8 Å². The lowest BCUT2D eigenvalue weighted by molar-refractivity contribution is 0.480. The van der Waals surface area contributed by atoms with Crippen LogP contribution in [0.25, 0.3) is 0 Å². The van der Waals surface area contributed by atoms with Gasteiger partial charge in [0.2, 0.25) is 0 Å². The molecule has 1 nitrogen and oxygen atoms in total. The first-order valence-corrected chi connectivity index (χ1v) is 7.67. The summed E-state index contributed by atoms with van der Waals surface area (Å²) in [7, 11) is 1.91. The van der Waals surface area contributed by atoms with Crippen molar-refractivity contribution in [3.63, 3.8) is 0 Å². The van der Waals surface area contributed by atoms with Crippen LogP contribution in [0, 0.1) is 11.7 Å². The van der Waals surface area contributed by atoms with Crippen LogP contribution in [0.5, 0.6) is 0 Å². The highest BCUT2D eigenvalue weighted by Gasteiger charge is 2.13. The van der Waals surface area contributed by atoms with Crippen LogP contribution in [-0.4, -0.2) is 13.6 Å². The Bertz CT molecular complexity index is 584. The lowest BCUT2D eigenvalue weighted by Crippen LogP contribution is -2.23. The first kappa shape index (κ1) is 16.3. The smallest absolute Gasteiger partial charge is 0.126 e. The van der Waals surface area contributed by atoms with Gasteiger partial charge < -0.3 is 5.32 Å².